The molecule has 1 aliphatic carbocycles. The van der Waals surface area contributed by atoms with Crippen molar-refractivity contribution in [2.24, 2.45) is 11.8 Å². The van der Waals surface area contributed by atoms with Crippen molar-refractivity contribution in [1.82, 2.24) is 5.32 Å². The quantitative estimate of drug-likeness (QED) is 0.846. The minimum atomic E-state index is 0.715. The largest absolute Gasteiger partial charge is 0.310 e. The van der Waals surface area contributed by atoms with Gasteiger partial charge in [0.05, 0.1) is 0 Å². The van der Waals surface area contributed by atoms with Crippen molar-refractivity contribution in [3.05, 3.63) is 34.3 Å². The molecular weight excluding hydrogens is 286 g/mol. The van der Waals surface area contributed by atoms with Crippen LogP contribution in [0.25, 0.3) is 0 Å². The molecule has 18 heavy (non-hydrogen) atoms. The Bertz CT molecular complexity index is 367. The smallest absolute Gasteiger partial charge is 0.0220 e. The van der Waals surface area contributed by atoms with Crippen LogP contribution in [-0.4, -0.2) is 6.04 Å². The van der Waals surface area contributed by atoms with Gasteiger partial charge in [-0.25, -0.2) is 0 Å². The van der Waals surface area contributed by atoms with Crippen LogP contribution in [0.15, 0.2) is 28.7 Å². The monoisotopic (exact) mass is 309 g/mol. The molecule has 0 amide bonds. The Morgan fingerprint density at radius 3 is 2.44 bits per heavy atom. The van der Waals surface area contributed by atoms with Crippen molar-refractivity contribution in [1.29, 1.82) is 0 Å². The lowest BCUT2D eigenvalue weighted by Crippen LogP contribution is -2.33. The van der Waals surface area contributed by atoms with Gasteiger partial charge in [0.15, 0.2) is 0 Å². The van der Waals surface area contributed by atoms with E-state index in [1.165, 1.54) is 35.7 Å². The van der Waals surface area contributed by atoms with E-state index in [1.807, 2.05) is 0 Å². The van der Waals surface area contributed by atoms with E-state index in [0.717, 1.165) is 18.4 Å². The highest BCUT2D eigenvalue weighted by atomic mass is 79.9. The summed E-state index contributed by atoms with van der Waals surface area (Å²) in [6.07, 6.45) is 5.47. The van der Waals surface area contributed by atoms with E-state index < -0.39 is 0 Å². The van der Waals surface area contributed by atoms with Crippen LogP contribution in [0.3, 0.4) is 0 Å². The molecule has 1 aromatic carbocycles. The van der Waals surface area contributed by atoms with Crippen molar-refractivity contribution >= 4 is 15.9 Å². The maximum absolute atomic E-state index is 3.71. The van der Waals surface area contributed by atoms with Crippen LogP contribution in [0.1, 0.15) is 45.1 Å². The number of halogens is 1. The van der Waals surface area contributed by atoms with Crippen LogP contribution in [-0.2, 0) is 6.54 Å². The summed E-state index contributed by atoms with van der Waals surface area (Å²) >= 11 is 3.61. The van der Waals surface area contributed by atoms with Gasteiger partial charge in [-0.15, -0.1) is 0 Å². The second kappa shape index (κ2) is 6.72. The molecule has 2 rings (SSSR count). The Balaban J connectivity index is 1.77. The molecule has 0 unspecified atom stereocenters. The summed E-state index contributed by atoms with van der Waals surface area (Å²) < 4.78 is 1.22. The summed E-state index contributed by atoms with van der Waals surface area (Å²) in [6, 6.07) is 9.20. The molecule has 1 saturated carbocycles. The van der Waals surface area contributed by atoms with Crippen molar-refractivity contribution in [2.45, 2.75) is 52.1 Å². The molecule has 0 heterocycles. The van der Waals surface area contributed by atoms with Gasteiger partial charge in [-0.1, -0.05) is 48.0 Å². The first-order chi connectivity index (χ1) is 8.66. The molecule has 0 bridgehead atoms. The zero-order valence-corrected chi connectivity index (χ0v) is 13.0. The molecule has 0 saturated heterocycles. The van der Waals surface area contributed by atoms with Crippen molar-refractivity contribution in [3.63, 3.8) is 0 Å². The van der Waals surface area contributed by atoms with E-state index in [4.69, 9.17) is 0 Å². The fourth-order valence-electron chi connectivity index (χ4n) is 2.89. The highest BCUT2D eigenvalue weighted by molar-refractivity contribution is 9.10. The van der Waals surface area contributed by atoms with Crippen molar-refractivity contribution in [2.75, 3.05) is 0 Å². The first kappa shape index (κ1) is 14.1. The molecule has 1 nitrogen and oxygen atoms in total. The van der Waals surface area contributed by atoms with Gasteiger partial charge >= 0.3 is 0 Å². The fraction of sp³-hybridized carbons (Fsp3) is 0.625. The summed E-state index contributed by atoms with van der Waals surface area (Å²) in [6.45, 7) is 5.71. The van der Waals surface area contributed by atoms with Gasteiger partial charge in [0.1, 0.15) is 0 Å². The molecule has 1 aromatic rings. The van der Waals surface area contributed by atoms with Crippen LogP contribution in [0.5, 0.6) is 0 Å². The number of rotatable bonds is 4. The third-order valence-corrected chi connectivity index (χ3v) is 5.03. The Morgan fingerprint density at radius 2 is 1.83 bits per heavy atom. The third-order valence-electron chi connectivity index (χ3n) is 4.25. The first-order valence-corrected chi connectivity index (χ1v) is 7.93. The molecule has 0 atom stereocenters. The highest BCUT2D eigenvalue weighted by Gasteiger charge is 2.22. The van der Waals surface area contributed by atoms with E-state index in [0.29, 0.717) is 6.04 Å². The maximum atomic E-state index is 3.71. The first-order valence-electron chi connectivity index (χ1n) is 7.13. The summed E-state index contributed by atoms with van der Waals surface area (Å²) in [5, 5.41) is 3.71. The number of nitrogens with one attached hydrogen (secondary N) is 1. The van der Waals surface area contributed by atoms with E-state index >= 15 is 0 Å². The second-order valence-electron chi connectivity index (χ2n) is 5.83. The molecule has 1 N–H and O–H groups in total. The number of hydrogen-bond donors (Lipinski definition) is 1. The molecule has 0 aliphatic heterocycles. The van der Waals surface area contributed by atoms with Crippen LogP contribution in [0.2, 0.25) is 0 Å². The summed E-state index contributed by atoms with van der Waals surface area (Å²) in [5.41, 5.74) is 1.36. The summed E-state index contributed by atoms with van der Waals surface area (Å²) in [4.78, 5) is 0. The van der Waals surface area contributed by atoms with Crippen LogP contribution in [0.4, 0.5) is 0 Å². The molecule has 1 aliphatic rings. The normalized spacial score (nSPS) is 24.4. The van der Waals surface area contributed by atoms with Crippen molar-refractivity contribution < 1.29 is 0 Å². The Hall–Kier alpha value is -0.340. The summed E-state index contributed by atoms with van der Waals surface area (Å²) in [7, 11) is 0. The van der Waals surface area contributed by atoms with Crippen LogP contribution in [0, 0.1) is 11.8 Å². The fourth-order valence-corrected chi connectivity index (χ4v) is 3.31. The average Bonchev–Trinajstić information content (AvgIpc) is 2.38. The zero-order valence-electron chi connectivity index (χ0n) is 11.5. The van der Waals surface area contributed by atoms with E-state index in [2.05, 4.69) is 59.4 Å². The molecule has 0 spiro atoms. The number of benzene rings is 1. The van der Waals surface area contributed by atoms with Gasteiger partial charge < -0.3 is 5.32 Å². The SMILES string of the molecule is CC(C)C1CCC(NCc2ccccc2Br)CC1. The number of hydrogen-bond acceptors (Lipinski definition) is 1. The minimum absolute atomic E-state index is 0.715. The van der Waals surface area contributed by atoms with E-state index in [-0.39, 0.29) is 0 Å². The standard InChI is InChI=1S/C16H24BrN/c1-12(2)13-7-9-15(10-8-13)18-11-14-5-3-4-6-16(14)17/h3-6,12-13,15,18H,7-11H2,1-2H3. The molecule has 100 valence electrons. The molecule has 0 aromatic heterocycles. The Kier molecular flexibility index (Phi) is 5.25. The third kappa shape index (κ3) is 3.83. The maximum Gasteiger partial charge on any atom is 0.0220 e. The van der Waals surface area contributed by atoms with Crippen LogP contribution < -0.4 is 5.32 Å². The minimum Gasteiger partial charge on any atom is -0.310 e. The molecular formula is C16H24BrN. The predicted molar refractivity (Wildman–Crippen MR) is 81.6 cm³/mol. The lowest BCUT2D eigenvalue weighted by atomic mass is 9.80. The second-order valence-corrected chi connectivity index (χ2v) is 6.68. The van der Waals surface area contributed by atoms with Gasteiger partial charge in [0.25, 0.3) is 0 Å². The van der Waals surface area contributed by atoms with Gasteiger partial charge in [0.2, 0.25) is 0 Å². The van der Waals surface area contributed by atoms with Gasteiger partial charge in [-0.05, 0) is 49.1 Å². The van der Waals surface area contributed by atoms with Crippen molar-refractivity contribution in [3.8, 4) is 0 Å². The van der Waals surface area contributed by atoms with Gasteiger partial charge in [-0.2, -0.15) is 0 Å². The zero-order chi connectivity index (χ0) is 13.0. The Morgan fingerprint density at radius 1 is 1.17 bits per heavy atom. The van der Waals surface area contributed by atoms with Crippen LogP contribution >= 0.6 is 15.9 Å². The molecule has 1 fully saturated rings. The van der Waals surface area contributed by atoms with Gasteiger partial charge in [-0.3, -0.25) is 0 Å². The lowest BCUT2D eigenvalue weighted by molar-refractivity contribution is 0.238. The predicted octanol–water partition coefficient (Wildman–Crippen LogP) is 4.75. The lowest BCUT2D eigenvalue weighted by Gasteiger charge is -2.31. The molecule has 0 radical (unpaired) electrons. The average molecular weight is 310 g/mol. The highest BCUT2D eigenvalue weighted by Crippen LogP contribution is 2.30. The topological polar surface area (TPSA) is 12.0 Å². The van der Waals surface area contributed by atoms with Gasteiger partial charge in [0, 0.05) is 17.1 Å². The van der Waals surface area contributed by atoms with E-state index in [1.54, 1.807) is 0 Å². The Labute approximate surface area is 119 Å². The summed E-state index contributed by atoms with van der Waals surface area (Å²) in [5.74, 6) is 1.81. The molecule has 2 heteroatoms. The van der Waals surface area contributed by atoms with E-state index in [9.17, 15) is 0 Å².